The van der Waals surface area contributed by atoms with E-state index in [2.05, 4.69) is 22.4 Å². The normalized spacial score (nSPS) is 10.6. The molecule has 0 spiro atoms. The number of aryl methyl sites for hydroxylation is 1. The Hall–Kier alpha value is -1.94. The Morgan fingerprint density at radius 2 is 2.00 bits per heavy atom. The molecule has 0 aliphatic rings. The van der Waals surface area contributed by atoms with Crippen molar-refractivity contribution in [2.75, 3.05) is 13.2 Å². The van der Waals surface area contributed by atoms with Crippen LogP contribution >= 0.6 is 0 Å². The zero-order chi connectivity index (χ0) is 14.9. The minimum atomic E-state index is -0.363. The van der Waals surface area contributed by atoms with E-state index >= 15 is 0 Å². The molecule has 4 heteroatoms. The van der Waals surface area contributed by atoms with Gasteiger partial charge in [-0.15, -0.1) is 0 Å². The number of nitrogens with one attached hydrogen (secondary N) is 1. The van der Waals surface area contributed by atoms with E-state index in [4.69, 9.17) is 4.74 Å². The van der Waals surface area contributed by atoms with Gasteiger partial charge in [-0.2, -0.15) is 0 Å². The SMILES string of the molecule is CCNCc1ccnc(OCCCc2ccccc2)c1F. The number of pyridine rings is 1. The predicted octanol–water partition coefficient (Wildman–Crippen LogP) is 3.34. The molecule has 0 aliphatic heterocycles. The second-order valence-electron chi connectivity index (χ2n) is 4.81. The standard InChI is InChI=1S/C17H21FN2O/c1-2-19-13-15-10-11-20-17(16(15)18)21-12-6-9-14-7-4-3-5-8-14/h3-5,7-8,10-11,19H,2,6,9,12-13H2,1H3. The summed E-state index contributed by atoms with van der Waals surface area (Å²) in [5, 5.41) is 3.10. The summed E-state index contributed by atoms with van der Waals surface area (Å²) in [6, 6.07) is 11.9. The van der Waals surface area contributed by atoms with E-state index < -0.39 is 0 Å². The van der Waals surface area contributed by atoms with Crippen LogP contribution in [0.25, 0.3) is 0 Å². The van der Waals surface area contributed by atoms with Crippen molar-refractivity contribution in [1.29, 1.82) is 0 Å². The Balaban J connectivity index is 1.83. The topological polar surface area (TPSA) is 34.2 Å². The van der Waals surface area contributed by atoms with E-state index in [-0.39, 0.29) is 11.7 Å². The predicted molar refractivity (Wildman–Crippen MR) is 81.8 cm³/mol. The lowest BCUT2D eigenvalue weighted by atomic mass is 10.1. The van der Waals surface area contributed by atoms with Crippen LogP contribution in [0.1, 0.15) is 24.5 Å². The molecule has 0 amide bonds. The number of halogens is 1. The fraction of sp³-hybridized carbons (Fsp3) is 0.353. The minimum Gasteiger partial charge on any atom is -0.476 e. The van der Waals surface area contributed by atoms with E-state index in [0.717, 1.165) is 19.4 Å². The highest BCUT2D eigenvalue weighted by Crippen LogP contribution is 2.17. The van der Waals surface area contributed by atoms with Gasteiger partial charge in [0, 0.05) is 18.3 Å². The molecule has 0 saturated carbocycles. The molecule has 0 bridgehead atoms. The summed E-state index contributed by atoms with van der Waals surface area (Å²) < 4.78 is 19.6. The van der Waals surface area contributed by atoms with Gasteiger partial charge in [0.2, 0.25) is 0 Å². The van der Waals surface area contributed by atoms with Gasteiger partial charge in [-0.05, 0) is 31.0 Å². The zero-order valence-electron chi connectivity index (χ0n) is 12.3. The molecule has 2 rings (SSSR count). The third kappa shape index (κ3) is 4.83. The number of aromatic nitrogens is 1. The van der Waals surface area contributed by atoms with Crippen LogP contribution in [0, 0.1) is 5.82 Å². The summed E-state index contributed by atoms with van der Waals surface area (Å²) in [5.41, 5.74) is 1.85. The molecular formula is C17H21FN2O. The molecule has 0 radical (unpaired) electrons. The summed E-state index contributed by atoms with van der Waals surface area (Å²) in [7, 11) is 0. The molecule has 1 heterocycles. The number of hydrogen-bond acceptors (Lipinski definition) is 3. The van der Waals surface area contributed by atoms with Gasteiger partial charge in [0.15, 0.2) is 5.82 Å². The molecule has 0 fully saturated rings. The molecule has 1 aromatic carbocycles. The average molecular weight is 288 g/mol. The fourth-order valence-electron chi connectivity index (χ4n) is 2.05. The first-order chi connectivity index (χ1) is 10.3. The van der Waals surface area contributed by atoms with Crippen LogP contribution in [-0.4, -0.2) is 18.1 Å². The Morgan fingerprint density at radius 1 is 1.19 bits per heavy atom. The van der Waals surface area contributed by atoms with Crippen LogP contribution in [0.15, 0.2) is 42.6 Å². The number of benzene rings is 1. The van der Waals surface area contributed by atoms with Gasteiger partial charge in [0.05, 0.1) is 6.61 Å². The van der Waals surface area contributed by atoms with Crippen LogP contribution in [0.4, 0.5) is 4.39 Å². The Bertz CT molecular complexity index is 546. The maximum atomic E-state index is 14.1. The summed E-state index contributed by atoms with van der Waals surface area (Å²) in [6.45, 7) is 3.74. The van der Waals surface area contributed by atoms with Crippen LogP contribution < -0.4 is 10.1 Å². The van der Waals surface area contributed by atoms with Crippen LogP contribution in [-0.2, 0) is 13.0 Å². The highest BCUT2D eigenvalue weighted by Gasteiger charge is 2.10. The van der Waals surface area contributed by atoms with Crippen molar-refractivity contribution in [3.8, 4) is 5.88 Å². The average Bonchev–Trinajstić information content (AvgIpc) is 2.53. The van der Waals surface area contributed by atoms with Crippen molar-refractivity contribution < 1.29 is 9.13 Å². The number of rotatable bonds is 8. The summed E-state index contributed by atoms with van der Waals surface area (Å²) in [5.74, 6) is -0.267. The maximum Gasteiger partial charge on any atom is 0.250 e. The Labute approximate surface area is 125 Å². The van der Waals surface area contributed by atoms with E-state index in [1.54, 1.807) is 12.3 Å². The molecule has 0 atom stereocenters. The largest absolute Gasteiger partial charge is 0.476 e. The van der Waals surface area contributed by atoms with Gasteiger partial charge in [-0.3, -0.25) is 0 Å². The molecular weight excluding hydrogens is 267 g/mol. The van der Waals surface area contributed by atoms with Gasteiger partial charge in [-0.25, -0.2) is 9.37 Å². The highest BCUT2D eigenvalue weighted by molar-refractivity contribution is 5.23. The van der Waals surface area contributed by atoms with E-state index in [9.17, 15) is 4.39 Å². The molecule has 2 aromatic rings. The molecule has 21 heavy (non-hydrogen) atoms. The smallest absolute Gasteiger partial charge is 0.250 e. The first kappa shape index (κ1) is 15.4. The summed E-state index contributed by atoms with van der Waals surface area (Å²) >= 11 is 0. The van der Waals surface area contributed by atoms with Gasteiger partial charge in [0.25, 0.3) is 5.88 Å². The zero-order valence-corrected chi connectivity index (χ0v) is 12.3. The van der Waals surface area contributed by atoms with Gasteiger partial charge >= 0.3 is 0 Å². The first-order valence-electron chi connectivity index (χ1n) is 7.32. The lowest BCUT2D eigenvalue weighted by Gasteiger charge is -2.09. The van der Waals surface area contributed by atoms with E-state index in [1.165, 1.54) is 5.56 Å². The van der Waals surface area contributed by atoms with E-state index in [0.29, 0.717) is 18.7 Å². The second-order valence-corrected chi connectivity index (χ2v) is 4.81. The van der Waals surface area contributed by atoms with Crippen LogP contribution in [0.2, 0.25) is 0 Å². The van der Waals surface area contributed by atoms with Crippen LogP contribution in [0.5, 0.6) is 5.88 Å². The monoisotopic (exact) mass is 288 g/mol. The second kappa shape index (κ2) is 8.37. The van der Waals surface area contributed by atoms with Crippen molar-refractivity contribution in [2.45, 2.75) is 26.3 Å². The van der Waals surface area contributed by atoms with Gasteiger partial charge < -0.3 is 10.1 Å². The third-order valence-electron chi connectivity index (χ3n) is 3.19. The molecule has 0 unspecified atom stereocenters. The molecule has 3 nitrogen and oxygen atoms in total. The van der Waals surface area contributed by atoms with Gasteiger partial charge in [-0.1, -0.05) is 37.3 Å². The summed E-state index contributed by atoms with van der Waals surface area (Å²) in [4.78, 5) is 3.97. The molecule has 112 valence electrons. The lowest BCUT2D eigenvalue weighted by molar-refractivity contribution is 0.281. The molecule has 1 aromatic heterocycles. The van der Waals surface area contributed by atoms with Crippen molar-refractivity contribution in [3.63, 3.8) is 0 Å². The minimum absolute atomic E-state index is 0.0958. The lowest BCUT2D eigenvalue weighted by Crippen LogP contribution is -2.14. The van der Waals surface area contributed by atoms with E-state index in [1.807, 2.05) is 25.1 Å². The number of hydrogen-bond donors (Lipinski definition) is 1. The third-order valence-corrected chi connectivity index (χ3v) is 3.19. The molecule has 0 aliphatic carbocycles. The van der Waals surface area contributed by atoms with Gasteiger partial charge in [0.1, 0.15) is 0 Å². The van der Waals surface area contributed by atoms with Crippen LogP contribution in [0.3, 0.4) is 0 Å². The number of ether oxygens (including phenoxy) is 1. The van der Waals surface area contributed by atoms with Crippen molar-refractivity contribution in [1.82, 2.24) is 10.3 Å². The quantitative estimate of drug-likeness (QED) is 0.756. The van der Waals surface area contributed by atoms with Crippen molar-refractivity contribution >= 4 is 0 Å². The Morgan fingerprint density at radius 3 is 2.76 bits per heavy atom. The molecule has 0 saturated heterocycles. The Kier molecular flexibility index (Phi) is 6.16. The highest BCUT2D eigenvalue weighted by atomic mass is 19.1. The number of nitrogens with zero attached hydrogens (tertiary/aromatic N) is 1. The maximum absolute atomic E-state index is 14.1. The molecule has 1 N–H and O–H groups in total. The fourth-order valence-corrected chi connectivity index (χ4v) is 2.05. The van der Waals surface area contributed by atoms with Crippen molar-refractivity contribution in [3.05, 3.63) is 59.5 Å². The first-order valence-corrected chi connectivity index (χ1v) is 7.32. The van der Waals surface area contributed by atoms with Crippen molar-refractivity contribution in [2.24, 2.45) is 0 Å². The summed E-state index contributed by atoms with van der Waals surface area (Å²) in [6.07, 6.45) is 3.34.